The van der Waals surface area contributed by atoms with Crippen LogP contribution in [0.3, 0.4) is 0 Å². The van der Waals surface area contributed by atoms with Crippen LogP contribution < -0.4 is 0 Å². The molecule has 2 unspecified atom stereocenters. The quantitative estimate of drug-likeness (QED) is 0.0847. The number of hydrogen-bond acceptors (Lipinski definition) is 9. The molecule has 1 aliphatic rings. The van der Waals surface area contributed by atoms with Gasteiger partial charge >= 0.3 is 23.9 Å². The lowest BCUT2D eigenvalue weighted by Crippen LogP contribution is -2.24. The van der Waals surface area contributed by atoms with Crippen LogP contribution in [0.1, 0.15) is 271 Å². The second kappa shape index (κ2) is 39.5. The van der Waals surface area contributed by atoms with Crippen LogP contribution >= 0.6 is 0 Å². The predicted molar refractivity (Wildman–Crippen MR) is 293 cm³/mol. The van der Waals surface area contributed by atoms with Gasteiger partial charge in [-0.3, -0.25) is 14.4 Å². The Morgan fingerprint density at radius 2 is 0.941 bits per heavy atom. The van der Waals surface area contributed by atoms with Crippen molar-refractivity contribution < 1.29 is 42.9 Å². The molecule has 0 radical (unpaired) electrons. The van der Waals surface area contributed by atoms with E-state index in [0.29, 0.717) is 43.0 Å². The van der Waals surface area contributed by atoms with Crippen molar-refractivity contribution in [2.45, 2.75) is 284 Å². The fourth-order valence-electron chi connectivity index (χ4n) is 5.85. The summed E-state index contributed by atoms with van der Waals surface area (Å²) in [4.78, 5) is 45.1. The third kappa shape index (κ3) is 70.4. The molecule has 0 aliphatic heterocycles. The number of hydrogen-bond donors (Lipinski definition) is 0. The van der Waals surface area contributed by atoms with Crippen LogP contribution in [-0.4, -0.2) is 62.5 Å². The van der Waals surface area contributed by atoms with E-state index in [-0.39, 0.29) is 83.6 Å². The number of esters is 4. The summed E-state index contributed by atoms with van der Waals surface area (Å²) < 4.78 is 25.8. The number of rotatable bonds is 16. The van der Waals surface area contributed by atoms with Crippen molar-refractivity contribution in [2.75, 3.05) is 26.4 Å². The minimum atomic E-state index is -0.275. The molecule has 0 heterocycles. The molecule has 0 saturated heterocycles. The summed E-state index contributed by atoms with van der Waals surface area (Å²) in [5.41, 5.74) is 1.82. The summed E-state index contributed by atoms with van der Waals surface area (Å²) in [7, 11) is 0. The average Bonchev–Trinajstić information content (AvgIpc) is 3.64. The fourth-order valence-corrected chi connectivity index (χ4v) is 5.85. The van der Waals surface area contributed by atoms with Crippen molar-refractivity contribution in [1.29, 1.82) is 0 Å². The minimum absolute atomic E-state index is 0. The minimum Gasteiger partial charge on any atom is -0.466 e. The maximum atomic E-state index is 11.7. The van der Waals surface area contributed by atoms with E-state index in [9.17, 15) is 19.2 Å². The van der Waals surface area contributed by atoms with E-state index >= 15 is 0 Å². The molecule has 1 saturated carbocycles. The highest BCUT2D eigenvalue weighted by molar-refractivity contribution is 5.73. The summed E-state index contributed by atoms with van der Waals surface area (Å²) in [6.45, 7) is 58.8. The molecule has 0 bridgehead atoms. The molecule has 0 aromatic rings. The third-order valence-electron chi connectivity index (χ3n) is 9.58. The first-order valence-corrected chi connectivity index (χ1v) is 26.3. The zero-order valence-electron chi connectivity index (χ0n) is 49.9. The Kier molecular flexibility index (Phi) is 44.9. The number of ether oxygens (including phenoxy) is 5. The van der Waals surface area contributed by atoms with Crippen LogP contribution in [-0.2, 0) is 42.9 Å². The predicted octanol–water partition coefficient (Wildman–Crippen LogP) is 17.5. The highest BCUT2D eigenvalue weighted by atomic mass is 16.6. The molecule has 68 heavy (non-hydrogen) atoms. The lowest BCUT2D eigenvalue weighted by atomic mass is 9.90. The maximum absolute atomic E-state index is 11.7. The molecule has 2 atom stereocenters. The molecule has 1 aliphatic carbocycles. The van der Waals surface area contributed by atoms with Gasteiger partial charge in [-0.1, -0.05) is 206 Å². The van der Waals surface area contributed by atoms with Gasteiger partial charge < -0.3 is 23.7 Å². The zero-order valence-corrected chi connectivity index (χ0v) is 49.9. The Bertz CT molecular complexity index is 1220. The average molecular weight is 976 g/mol. The summed E-state index contributed by atoms with van der Waals surface area (Å²) in [6.07, 6.45) is 12.7. The first-order valence-electron chi connectivity index (χ1n) is 26.3. The Balaban J connectivity index is -0.000000173. The number of carbonyl (C=O) groups is 4. The molecule has 0 aromatic heterocycles. The lowest BCUT2D eigenvalue weighted by molar-refractivity contribution is -0.154. The Morgan fingerprint density at radius 1 is 0.515 bits per heavy atom. The summed E-state index contributed by atoms with van der Waals surface area (Å²) in [5, 5.41) is 0. The molecule has 1 fully saturated rings. The van der Waals surface area contributed by atoms with Gasteiger partial charge in [-0.15, -0.1) is 0 Å². The maximum Gasteiger partial charge on any atom is 0.332 e. The topological polar surface area (TPSA) is 114 Å². The smallest absolute Gasteiger partial charge is 0.332 e. The van der Waals surface area contributed by atoms with Gasteiger partial charge in [0.05, 0.1) is 37.3 Å². The van der Waals surface area contributed by atoms with Crippen molar-refractivity contribution in [2.24, 2.45) is 50.2 Å². The largest absolute Gasteiger partial charge is 0.466 e. The van der Waals surface area contributed by atoms with Crippen molar-refractivity contribution >= 4 is 23.9 Å². The van der Waals surface area contributed by atoms with Crippen molar-refractivity contribution in [1.82, 2.24) is 0 Å². The van der Waals surface area contributed by atoms with Gasteiger partial charge in [-0.05, 0) is 97.2 Å². The van der Waals surface area contributed by atoms with Crippen molar-refractivity contribution in [3.8, 4) is 0 Å². The van der Waals surface area contributed by atoms with E-state index in [0.717, 1.165) is 38.5 Å². The third-order valence-corrected chi connectivity index (χ3v) is 9.58. The first-order chi connectivity index (χ1) is 30.0. The summed E-state index contributed by atoms with van der Waals surface area (Å²) >= 11 is 0. The Labute approximate surface area is 425 Å². The van der Waals surface area contributed by atoms with E-state index in [1.807, 2.05) is 69.2 Å². The molecule has 9 nitrogen and oxygen atoms in total. The van der Waals surface area contributed by atoms with Crippen LogP contribution in [0.4, 0.5) is 0 Å². The van der Waals surface area contributed by atoms with Gasteiger partial charge in [0, 0.05) is 13.0 Å². The second-order valence-electron chi connectivity index (χ2n) is 26.8. The lowest BCUT2D eigenvalue weighted by Gasteiger charge is -2.24. The van der Waals surface area contributed by atoms with E-state index in [4.69, 9.17) is 23.7 Å². The van der Waals surface area contributed by atoms with Crippen LogP contribution in [0.2, 0.25) is 0 Å². The molecule has 0 spiro atoms. The Hall–Kier alpha value is -2.16. The van der Waals surface area contributed by atoms with Crippen LogP contribution in [0.25, 0.3) is 0 Å². The monoisotopic (exact) mass is 975 g/mol. The van der Waals surface area contributed by atoms with Gasteiger partial charge in [0.15, 0.2) is 0 Å². The van der Waals surface area contributed by atoms with Crippen molar-refractivity contribution in [3.05, 3.63) is 0 Å². The zero-order chi connectivity index (χ0) is 54.0. The van der Waals surface area contributed by atoms with Crippen molar-refractivity contribution in [3.63, 3.8) is 0 Å². The van der Waals surface area contributed by atoms with Crippen LogP contribution in [0.15, 0.2) is 0 Å². The molecule has 0 aromatic carbocycles. The van der Waals surface area contributed by atoms with E-state index in [1.165, 1.54) is 32.1 Å². The molecular weight excluding hydrogens is 853 g/mol. The molecule has 0 N–H and O–H groups in total. The Morgan fingerprint density at radius 3 is 1.25 bits per heavy atom. The summed E-state index contributed by atoms with van der Waals surface area (Å²) in [5.74, 6) is 0.139. The molecule has 9 heteroatoms. The number of carbonyl (C=O) groups excluding carboxylic acids is 4. The van der Waals surface area contributed by atoms with E-state index in [2.05, 4.69) is 118 Å². The van der Waals surface area contributed by atoms with Gasteiger partial charge in [-0.25, -0.2) is 4.79 Å². The van der Waals surface area contributed by atoms with E-state index in [1.54, 1.807) is 0 Å². The molecule has 0 amide bonds. The fraction of sp³-hybridized carbons (Fsp3) is 0.932. The van der Waals surface area contributed by atoms with Crippen LogP contribution in [0.5, 0.6) is 0 Å². The van der Waals surface area contributed by atoms with Gasteiger partial charge in [-0.2, -0.15) is 0 Å². The van der Waals surface area contributed by atoms with Gasteiger partial charge in [0.1, 0.15) is 6.61 Å². The molecule has 1 rings (SSSR count). The first kappa shape index (κ1) is 77.3. The SMILES string of the molecule is C.CC(C)CC(=O)OCCC(C)(C)C.CC(CC(C)(C)C)OC(=O)C(C)C.CC(CC(C)(C)C)OC(=O)C1CCCC1.CCC(C)(C)C.CCCC(C)(C)C.CCCOCC(=O)OCC(C)(C)C. The van der Waals surface area contributed by atoms with E-state index < -0.39 is 0 Å². The molecule has 412 valence electrons. The normalized spacial score (nSPS) is 14.0. The highest BCUT2D eigenvalue weighted by Gasteiger charge is 2.27. The van der Waals surface area contributed by atoms with Crippen LogP contribution in [0, 0.1) is 50.2 Å². The molecular formula is C59H122O9. The highest BCUT2D eigenvalue weighted by Crippen LogP contribution is 2.28. The standard InChI is InChI=1S/C13H24O2.2C11H22O2.C10H20O3.C7H16.C6H14.CH4/c1-10(9-13(2,3)4)15-12(14)11-7-5-6-8-11;1-8(2)10(12)13-9(3)7-11(4,5)6;1-9(2)8-10(12)13-7-6-11(3,4)5;1-5-6-12-7-9(11)13-8-10(2,3)4;1-5-6-7(2,3)4;1-5-6(2,3)4;/h10-11H,5-9H2,1-4H3;8-9H,7H2,1-6H3;9H,6-8H2,1-5H3;5-8H2,1-4H3;5-6H2,1-4H3;5H2,1-4H3;1H4. The van der Waals surface area contributed by atoms with Gasteiger partial charge in [0.25, 0.3) is 0 Å². The van der Waals surface area contributed by atoms with Gasteiger partial charge in [0.2, 0.25) is 0 Å². The second-order valence-corrected chi connectivity index (χ2v) is 26.8. The summed E-state index contributed by atoms with van der Waals surface area (Å²) in [6, 6.07) is 0.